The number of carbonyl (C=O) groups excluding carboxylic acids is 1. The first-order chi connectivity index (χ1) is 15.0. The molecule has 7 heteroatoms. The van der Waals surface area contributed by atoms with E-state index in [-0.39, 0.29) is 33.7 Å². The molecule has 0 aliphatic heterocycles. The van der Waals surface area contributed by atoms with Gasteiger partial charge in [-0.05, 0) is 29.7 Å². The number of pyridine rings is 1. The fourth-order valence-electron chi connectivity index (χ4n) is 2.89. The van der Waals surface area contributed by atoms with E-state index in [4.69, 9.17) is 0 Å². The van der Waals surface area contributed by atoms with E-state index in [2.05, 4.69) is 15.0 Å². The van der Waals surface area contributed by atoms with E-state index < -0.39 is 11.9 Å². The third-order valence-electron chi connectivity index (χ3n) is 4.50. The van der Waals surface area contributed by atoms with Crippen LogP contribution in [0.5, 0.6) is 0 Å². The van der Waals surface area contributed by atoms with Crippen LogP contribution in [0.25, 0.3) is 0 Å². The first-order valence-corrected chi connectivity index (χ1v) is 9.78. The van der Waals surface area contributed by atoms with Crippen LogP contribution >= 0.6 is 0 Å². The fourth-order valence-corrected chi connectivity index (χ4v) is 2.89. The second-order valence-corrected chi connectivity index (χ2v) is 7.02. The molecular formula is C25H21N3NiO3. The van der Waals surface area contributed by atoms with Gasteiger partial charge in [-0.15, -0.1) is 0 Å². The van der Waals surface area contributed by atoms with E-state index in [0.717, 1.165) is 5.56 Å². The molecule has 0 amide bonds. The Kier molecular flexibility index (Phi) is 9.05. The van der Waals surface area contributed by atoms with Crippen LogP contribution in [-0.2, 0) is 21.3 Å². The number of para-hydroxylation sites is 1. The molecule has 0 saturated heterocycles. The summed E-state index contributed by atoms with van der Waals surface area (Å²) in [4.78, 5) is 24.3. The number of benzene rings is 2. The molecular weight excluding hydrogens is 449 g/mol. The Morgan fingerprint density at radius 3 is 2.22 bits per heavy atom. The molecule has 164 valence electrons. The van der Waals surface area contributed by atoms with Crippen molar-refractivity contribution >= 4 is 23.3 Å². The first-order valence-electron chi connectivity index (χ1n) is 9.78. The molecule has 3 aromatic rings. The maximum atomic E-state index is 12.6. The number of aliphatic carboxylic acids is 1. The quantitative estimate of drug-likeness (QED) is 0.229. The van der Waals surface area contributed by atoms with E-state index in [9.17, 15) is 15.0 Å². The van der Waals surface area contributed by atoms with Crippen LogP contribution in [0.1, 0.15) is 30.7 Å². The molecule has 6 nitrogen and oxygen atoms in total. The molecule has 0 aliphatic rings. The van der Waals surface area contributed by atoms with E-state index in [1.165, 1.54) is 12.4 Å². The van der Waals surface area contributed by atoms with Crippen molar-refractivity contribution in [3.8, 4) is 0 Å². The molecule has 0 N–H and O–H groups in total. The van der Waals surface area contributed by atoms with Crippen LogP contribution in [0, 0.1) is 5.92 Å². The molecule has 0 atom stereocenters. The molecule has 0 radical (unpaired) electrons. The number of carboxylic acids is 1. The minimum Gasteiger partial charge on any atom is -0.857 e. The molecule has 0 unspecified atom stereocenters. The summed E-state index contributed by atoms with van der Waals surface area (Å²) in [5.74, 6) is -2.01. The van der Waals surface area contributed by atoms with Crippen LogP contribution in [-0.4, -0.2) is 22.6 Å². The molecule has 32 heavy (non-hydrogen) atoms. The van der Waals surface area contributed by atoms with Crippen molar-refractivity contribution in [2.24, 2.45) is 15.9 Å². The van der Waals surface area contributed by atoms with Crippen LogP contribution in [0.4, 0.5) is 5.69 Å². The number of carbonyl (C=O) groups is 1. The van der Waals surface area contributed by atoms with Crippen molar-refractivity contribution in [1.82, 2.24) is 4.98 Å². The summed E-state index contributed by atoms with van der Waals surface area (Å²) in [5, 5.41) is 24.1. The molecule has 0 bridgehead atoms. The van der Waals surface area contributed by atoms with Crippen molar-refractivity contribution in [3.63, 3.8) is 0 Å². The van der Waals surface area contributed by atoms with Gasteiger partial charge in [-0.25, -0.2) is 0 Å². The van der Waals surface area contributed by atoms with Gasteiger partial charge in [-0.2, -0.15) is 0 Å². The summed E-state index contributed by atoms with van der Waals surface area (Å²) in [7, 11) is 0. The molecule has 0 spiro atoms. The van der Waals surface area contributed by atoms with E-state index in [1.807, 2.05) is 36.4 Å². The summed E-state index contributed by atoms with van der Waals surface area (Å²) >= 11 is 0. The van der Waals surface area contributed by atoms with Crippen LogP contribution in [0.2, 0.25) is 0 Å². The van der Waals surface area contributed by atoms with Gasteiger partial charge in [0.25, 0.3) is 0 Å². The van der Waals surface area contributed by atoms with Gasteiger partial charge < -0.3 is 15.0 Å². The van der Waals surface area contributed by atoms with Crippen LogP contribution in [0.15, 0.2) is 101 Å². The minimum atomic E-state index is -1.27. The number of carboxylic acid groups (broad SMARTS) is 1. The molecule has 1 heterocycles. The monoisotopic (exact) mass is 469 g/mol. The zero-order valence-corrected chi connectivity index (χ0v) is 18.5. The number of nitrogens with zero attached hydrogens (tertiary/aromatic N) is 3. The first kappa shape index (κ1) is 24.7. The van der Waals surface area contributed by atoms with Crippen molar-refractivity contribution < 1.29 is 31.5 Å². The van der Waals surface area contributed by atoms with Gasteiger partial charge in [0, 0.05) is 29.4 Å². The topological polar surface area (TPSA) is 101 Å². The van der Waals surface area contributed by atoms with E-state index in [0.29, 0.717) is 17.0 Å². The van der Waals surface area contributed by atoms with Crippen molar-refractivity contribution in [1.29, 1.82) is 0 Å². The predicted octanol–water partition coefficient (Wildman–Crippen LogP) is 2.64. The van der Waals surface area contributed by atoms with Gasteiger partial charge in [0.05, 0.1) is 23.1 Å². The maximum absolute atomic E-state index is 12.6. The Labute approximate surface area is 197 Å². The molecule has 0 fully saturated rings. The van der Waals surface area contributed by atoms with Gasteiger partial charge in [0.2, 0.25) is 0 Å². The van der Waals surface area contributed by atoms with Crippen LogP contribution in [0.3, 0.4) is 0 Å². The van der Waals surface area contributed by atoms with E-state index in [1.54, 1.807) is 50.2 Å². The zero-order chi connectivity index (χ0) is 22.2. The van der Waals surface area contributed by atoms with Crippen LogP contribution < -0.4 is 10.2 Å². The second-order valence-electron chi connectivity index (χ2n) is 7.02. The summed E-state index contributed by atoms with van der Waals surface area (Å²) in [6.45, 7) is 3.52. The van der Waals surface area contributed by atoms with Gasteiger partial charge >= 0.3 is 16.5 Å². The Balaban J connectivity index is 0.00000363. The standard InChI is InChI=1S/C25H23N3O3.Ni/c1-17(2)20(25(30)31)16-27-23(18-10-4-3-5-11-18)19-12-6-7-13-21(19)28-24(29)22-14-8-9-15-26-22;/h3-17H,1-2H3,(H,28,29)(H,30,31);/q;+2/p-2/b20-16-,27-23?;. The third kappa shape index (κ3) is 6.22. The van der Waals surface area contributed by atoms with Crippen molar-refractivity contribution in [3.05, 3.63) is 108 Å². The SMILES string of the molecule is CC(C)/C(=C/N=C(c1ccccc1)c1ccccc1N=C([O-])c1ccccn1)C(=O)[O-].[Ni+2]. The minimum absolute atomic E-state index is 0. The zero-order valence-electron chi connectivity index (χ0n) is 17.5. The summed E-state index contributed by atoms with van der Waals surface area (Å²) in [6.07, 6.45) is 2.84. The largest absolute Gasteiger partial charge is 2.00 e. The van der Waals surface area contributed by atoms with Crippen molar-refractivity contribution in [2.75, 3.05) is 0 Å². The summed E-state index contributed by atoms with van der Waals surface area (Å²) < 4.78 is 0. The smallest absolute Gasteiger partial charge is 0.857 e. The Bertz CT molecular complexity index is 1140. The summed E-state index contributed by atoms with van der Waals surface area (Å²) in [5.41, 5.74) is 2.56. The Morgan fingerprint density at radius 2 is 1.59 bits per heavy atom. The second kappa shape index (κ2) is 11.7. The molecule has 3 rings (SSSR count). The van der Waals surface area contributed by atoms with Gasteiger partial charge in [-0.3, -0.25) is 15.0 Å². The molecule has 2 aromatic carbocycles. The van der Waals surface area contributed by atoms with Crippen molar-refractivity contribution in [2.45, 2.75) is 13.8 Å². The number of hydrogen-bond acceptors (Lipinski definition) is 6. The number of aliphatic imine (C=N–C) groups is 2. The van der Waals surface area contributed by atoms with Gasteiger partial charge in [0.15, 0.2) is 0 Å². The fraction of sp³-hybridized carbons (Fsp3) is 0.120. The number of aromatic nitrogens is 1. The van der Waals surface area contributed by atoms with Gasteiger partial charge in [0.1, 0.15) is 0 Å². The Morgan fingerprint density at radius 1 is 0.938 bits per heavy atom. The molecule has 0 aliphatic carbocycles. The number of rotatable bonds is 7. The predicted molar refractivity (Wildman–Crippen MR) is 117 cm³/mol. The molecule has 0 saturated carbocycles. The molecule has 1 aromatic heterocycles. The summed E-state index contributed by atoms with van der Waals surface area (Å²) in [6, 6.07) is 21.4. The average Bonchev–Trinajstić information content (AvgIpc) is 2.78. The Hall–Kier alpha value is -3.57. The van der Waals surface area contributed by atoms with Gasteiger partial charge in [-0.1, -0.05) is 68.4 Å². The number of hydrogen-bond donors (Lipinski definition) is 0. The maximum Gasteiger partial charge on any atom is 2.00 e. The third-order valence-corrected chi connectivity index (χ3v) is 4.50. The normalized spacial score (nSPS) is 12.4. The van der Waals surface area contributed by atoms with E-state index >= 15 is 0 Å². The average molecular weight is 470 g/mol.